The summed E-state index contributed by atoms with van der Waals surface area (Å²) in [4.78, 5) is -0.223. The lowest BCUT2D eigenvalue weighted by atomic mass is 9.84. The summed E-state index contributed by atoms with van der Waals surface area (Å²) in [6.45, 7) is 0. The molecule has 0 N–H and O–H groups in total. The summed E-state index contributed by atoms with van der Waals surface area (Å²) in [5.74, 6) is -14.6. The van der Waals surface area contributed by atoms with Gasteiger partial charge >= 0.3 is 33.4 Å². The van der Waals surface area contributed by atoms with E-state index < -0.39 is 43.7 Å². The van der Waals surface area contributed by atoms with E-state index in [4.69, 9.17) is 3.63 Å². The van der Waals surface area contributed by atoms with Gasteiger partial charge in [0.05, 0.1) is 0 Å². The molecule has 0 saturated heterocycles. The van der Waals surface area contributed by atoms with Crippen LogP contribution in [0.5, 0.6) is 0 Å². The van der Waals surface area contributed by atoms with Crippen molar-refractivity contribution < 1.29 is 51.6 Å². The van der Waals surface area contributed by atoms with Gasteiger partial charge in [-0.1, -0.05) is 81.0 Å². The van der Waals surface area contributed by atoms with Crippen molar-refractivity contribution in [2.45, 2.75) is 114 Å². The van der Waals surface area contributed by atoms with E-state index in [1.165, 1.54) is 54.6 Å². The molecule has 2 aliphatic carbocycles. The van der Waals surface area contributed by atoms with Crippen LogP contribution in [0.3, 0.4) is 0 Å². The van der Waals surface area contributed by atoms with Gasteiger partial charge in [0, 0.05) is 14.7 Å². The standard InChI is InChI=1S/C34H35F9O3S2/c35-31(36,33(39,40)41)32(37,38)34(42,43)48(44,45)46-47(28-14-8-3-9-15-28,29-20-16-26(17-21-29)24-10-4-1-5-11-24)30-22-18-27(19-23-30)25-12-6-2-7-13-25/h3,8-9,14-25H,1-2,4-7,10-13H2. The van der Waals surface area contributed by atoms with Crippen molar-refractivity contribution in [3.8, 4) is 0 Å². The average molecular weight is 727 g/mol. The maximum atomic E-state index is 15.3. The molecule has 3 aromatic rings. The second kappa shape index (κ2) is 13.5. The van der Waals surface area contributed by atoms with E-state index in [2.05, 4.69) is 0 Å². The van der Waals surface area contributed by atoms with Gasteiger partial charge in [0.15, 0.2) is 0 Å². The van der Waals surface area contributed by atoms with Gasteiger partial charge in [0.1, 0.15) is 0 Å². The minimum Gasteiger partial charge on any atom is -0.202 e. The van der Waals surface area contributed by atoms with Crippen LogP contribution in [0.1, 0.15) is 87.2 Å². The Balaban J connectivity index is 1.70. The molecular weight excluding hydrogens is 691 g/mol. The number of hydrogen-bond donors (Lipinski definition) is 0. The van der Waals surface area contributed by atoms with E-state index in [1.807, 2.05) is 0 Å². The predicted molar refractivity (Wildman–Crippen MR) is 164 cm³/mol. The lowest BCUT2D eigenvalue weighted by Crippen LogP contribution is -2.63. The summed E-state index contributed by atoms with van der Waals surface area (Å²) in [5, 5.41) is -7.02. The van der Waals surface area contributed by atoms with Crippen molar-refractivity contribution in [2.75, 3.05) is 0 Å². The van der Waals surface area contributed by atoms with Crippen molar-refractivity contribution in [1.29, 1.82) is 0 Å². The highest BCUT2D eigenvalue weighted by atomic mass is 32.3. The van der Waals surface area contributed by atoms with Crippen molar-refractivity contribution in [3.05, 3.63) is 90.0 Å². The molecule has 0 amide bonds. The van der Waals surface area contributed by atoms with Gasteiger partial charge in [-0.2, -0.15) is 47.9 Å². The highest BCUT2D eigenvalue weighted by molar-refractivity contribution is 8.33. The van der Waals surface area contributed by atoms with E-state index in [0.717, 1.165) is 75.3 Å². The molecule has 3 aromatic carbocycles. The monoisotopic (exact) mass is 726 g/mol. The van der Waals surface area contributed by atoms with E-state index in [-0.39, 0.29) is 26.5 Å². The third-order valence-electron chi connectivity index (χ3n) is 9.27. The average Bonchev–Trinajstić information content (AvgIpc) is 3.08. The fraction of sp³-hybridized carbons (Fsp3) is 0.471. The van der Waals surface area contributed by atoms with Crippen LogP contribution >= 0.6 is 10.3 Å². The molecule has 0 spiro atoms. The molecular formula is C34H35F9O3S2. The van der Waals surface area contributed by atoms with Crippen LogP contribution in [0, 0.1) is 0 Å². The number of alkyl halides is 9. The zero-order valence-electron chi connectivity index (χ0n) is 25.7. The smallest absolute Gasteiger partial charge is 0.202 e. The Labute approximate surface area is 275 Å². The summed E-state index contributed by atoms with van der Waals surface area (Å²) >= 11 is 0. The van der Waals surface area contributed by atoms with Gasteiger partial charge in [-0.25, -0.2) is 3.63 Å². The molecule has 0 heterocycles. The predicted octanol–water partition coefficient (Wildman–Crippen LogP) is 11.8. The van der Waals surface area contributed by atoms with Gasteiger partial charge in [-0.3, -0.25) is 0 Å². The first-order valence-corrected chi connectivity index (χ1v) is 18.7. The topological polar surface area (TPSA) is 43.4 Å². The SMILES string of the molecule is O=S(=O)(OS(c1ccccc1)(c1ccc(C2CCCCC2)cc1)c1ccc(C2CCCCC2)cc1)C(F)(F)C(F)(F)C(F)(F)C(F)(F)F. The fourth-order valence-electron chi connectivity index (χ4n) is 6.57. The summed E-state index contributed by atoms with van der Waals surface area (Å²) in [6.07, 6.45) is 2.32. The largest absolute Gasteiger partial charge is 0.460 e. The minimum absolute atomic E-state index is 0.0658. The van der Waals surface area contributed by atoms with Gasteiger partial charge in [-0.15, -0.1) is 0 Å². The first-order chi connectivity index (χ1) is 22.5. The van der Waals surface area contributed by atoms with E-state index >= 15 is 8.78 Å². The first-order valence-electron chi connectivity index (χ1n) is 15.7. The number of halogens is 9. The molecule has 0 atom stereocenters. The Hall–Kier alpha value is -2.71. The molecule has 0 aliphatic heterocycles. The second-order valence-electron chi connectivity index (χ2n) is 12.4. The normalized spacial score (nSPS) is 18.5. The molecule has 2 saturated carbocycles. The van der Waals surface area contributed by atoms with Gasteiger partial charge < -0.3 is 0 Å². The molecule has 2 fully saturated rings. The molecule has 3 nitrogen and oxygen atoms in total. The van der Waals surface area contributed by atoms with Crippen molar-refractivity contribution in [3.63, 3.8) is 0 Å². The van der Waals surface area contributed by atoms with Crippen molar-refractivity contribution in [1.82, 2.24) is 0 Å². The Morgan fingerprint density at radius 1 is 0.500 bits per heavy atom. The fourth-order valence-corrected chi connectivity index (χ4v) is 11.8. The summed E-state index contributed by atoms with van der Waals surface area (Å²) in [6, 6.07) is 19.2. The number of hydrogen-bond acceptors (Lipinski definition) is 3. The Kier molecular flexibility index (Phi) is 10.3. The maximum Gasteiger partial charge on any atom is 0.460 e. The molecule has 264 valence electrons. The lowest BCUT2D eigenvalue weighted by Gasteiger charge is -2.41. The molecule has 5 rings (SSSR count). The summed E-state index contributed by atoms with van der Waals surface area (Å²) in [7, 11) is -11.3. The van der Waals surface area contributed by atoms with E-state index in [0.29, 0.717) is 0 Å². The molecule has 0 bridgehead atoms. The van der Waals surface area contributed by atoms with E-state index in [1.54, 1.807) is 24.3 Å². The van der Waals surface area contributed by atoms with Crippen LogP contribution in [0.4, 0.5) is 39.5 Å². The van der Waals surface area contributed by atoms with Crippen molar-refractivity contribution >= 4 is 20.4 Å². The molecule has 0 radical (unpaired) electrons. The van der Waals surface area contributed by atoms with Gasteiger partial charge in [-0.05, 0) is 95.4 Å². The second-order valence-corrected chi connectivity index (χ2v) is 16.9. The zero-order valence-corrected chi connectivity index (χ0v) is 27.3. The third kappa shape index (κ3) is 6.48. The summed E-state index contributed by atoms with van der Waals surface area (Å²) in [5.41, 5.74) is 1.72. The van der Waals surface area contributed by atoms with Gasteiger partial charge in [0.25, 0.3) is 0 Å². The first kappa shape index (κ1) is 36.6. The molecule has 0 unspecified atom stereocenters. The zero-order chi connectivity index (χ0) is 35.0. The van der Waals surface area contributed by atoms with Crippen LogP contribution in [0.15, 0.2) is 93.5 Å². The minimum atomic E-state index is -7.44. The third-order valence-corrected chi connectivity index (χ3v) is 14.5. The van der Waals surface area contributed by atoms with Crippen LogP contribution < -0.4 is 0 Å². The lowest BCUT2D eigenvalue weighted by molar-refractivity contribution is -0.382. The highest BCUT2D eigenvalue weighted by Gasteiger charge is 2.86. The maximum absolute atomic E-state index is 15.3. The molecule has 0 aromatic heterocycles. The Bertz CT molecular complexity index is 1570. The van der Waals surface area contributed by atoms with Crippen LogP contribution in [0.2, 0.25) is 0 Å². The van der Waals surface area contributed by atoms with E-state index in [9.17, 15) is 39.2 Å². The summed E-state index contributed by atoms with van der Waals surface area (Å²) < 4.78 is 158. The van der Waals surface area contributed by atoms with Gasteiger partial charge in [0.2, 0.25) is 0 Å². The number of rotatable bonds is 10. The molecule has 14 heteroatoms. The molecule has 48 heavy (non-hydrogen) atoms. The highest BCUT2D eigenvalue weighted by Crippen LogP contribution is 2.71. The van der Waals surface area contributed by atoms with Crippen molar-refractivity contribution in [2.24, 2.45) is 0 Å². The van der Waals surface area contributed by atoms with Crippen LogP contribution in [-0.4, -0.2) is 31.7 Å². The number of benzene rings is 3. The van der Waals surface area contributed by atoms with Crippen LogP contribution in [-0.2, 0) is 13.7 Å². The Morgan fingerprint density at radius 3 is 1.25 bits per heavy atom. The quantitative estimate of drug-likeness (QED) is 0.195. The van der Waals surface area contributed by atoms with Crippen LogP contribution in [0.25, 0.3) is 0 Å². The Morgan fingerprint density at radius 2 is 0.875 bits per heavy atom. The molecule has 2 aliphatic rings.